The summed E-state index contributed by atoms with van der Waals surface area (Å²) in [6.45, 7) is 4.24. The Kier molecular flexibility index (Phi) is 6.80. The van der Waals surface area contributed by atoms with Gasteiger partial charge in [-0.15, -0.1) is 0 Å². The van der Waals surface area contributed by atoms with Gasteiger partial charge >= 0.3 is 0 Å². The van der Waals surface area contributed by atoms with Gasteiger partial charge in [-0.3, -0.25) is 4.79 Å². The normalized spacial score (nSPS) is 19.8. The van der Waals surface area contributed by atoms with Crippen molar-refractivity contribution in [3.8, 4) is 0 Å². The lowest BCUT2D eigenvalue weighted by Gasteiger charge is -2.26. The Hall–Kier alpha value is -0.610. The Morgan fingerprint density at radius 2 is 2.00 bits per heavy atom. The maximum absolute atomic E-state index is 11.4. The second kappa shape index (κ2) is 7.85. The monoisotopic (exact) mass is 269 g/mol. The number of likely N-dealkylation sites (N-methyl/N-ethyl adjacent to an activating group) is 1. The van der Waals surface area contributed by atoms with Crippen LogP contribution in [0.15, 0.2) is 0 Å². The molecule has 19 heavy (non-hydrogen) atoms. The molecule has 0 bridgehead atoms. The van der Waals surface area contributed by atoms with Gasteiger partial charge in [-0.2, -0.15) is 0 Å². The molecule has 3 N–H and O–H groups in total. The van der Waals surface area contributed by atoms with Gasteiger partial charge in [-0.1, -0.05) is 12.8 Å². The summed E-state index contributed by atoms with van der Waals surface area (Å²) in [6.07, 6.45) is 8.63. The van der Waals surface area contributed by atoms with E-state index in [0.717, 1.165) is 31.7 Å². The third-order valence-corrected chi connectivity index (χ3v) is 4.61. The first-order chi connectivity index (χ1) is 8.98. The fourth-order valence-electron chi connectivity index (χ4n) is 2.96. The Bertz CT molecular complexity index is 277. The van der Waals surface area contributed by atoms with Gasteiger partial charge in [0.25, 0.3) is 0 Å². The average molecular weight is 269 g/mol. The number of carbonyl (C=O) groups excluding carboxylic acids is 1. The first kappa shape index (κ1) is 16.4. The first-order valence-corrected chi connectivity index (χ1v) is 7.65. The molecule has 1 amide bonds. The van der Waals surface area contributed by atoms with Gasteiger partial charge < -0.3 is 16.0 Å². The largest absolute Gasteiger partial charge is 0.368 e. The summed E-state index contributed by atoms with van der Waals surface area (Å²) in [5, 5.41) is 3.04. The van der Waals surface area contributed by atoms with Crippen molar-refractivity contribution in [3.05, 3.63) is 0 Å². The molecular formula is C15H31N3O. The summed E-state index contributed by atoms with van der Waals surface area (Å²) in [4.78, 5) is 13.8. The highest BCUT2D eigenvalue weighted by Crippen LogP contribution is 2.25. The second-order valence-corrected chi connectivity index (χ2v) is 6.32. The molecule has 0 aromatic carbocycles. The molecule has 0 saturated heterocycles. The van der Waals surface area contributed by atoms with Crippen LogP contribution in [0.25, 0.3) is 0 Å². The number of nitrogens with zero attached hydrogens (tertiary/aromatic N) is 1. The maximum Gasteiger partial charge on any atom is 0.237 e. The number of rotatable bonds is 9. The van der Waals surface area contributed by atoms with E-state index in [-0.39, 0.29) is 5.91 Å². The molecule has 1 unspecified atom stereocenters. The van der Waals surface area contributed by atoms with Gasteiger partial charge in [0.15, 0.2) is 0 Å². The number of nitrogens with two attached hydrogens (primary N) is 1. The Labute approximate surface area is 118 Å². The van der Waals surface area contributed by atoms with Gasteiger partial charge in [-0.05, 0) is 65.6 Å². The number of hydrogen-bond donors (Lipinski definition) is 2. The highest BCUT2D eigenvalue weighted by molar-refractivity contribution is 5.84. The highest BCUT2D eigenvalue weighted by Gasteiger charge is 2.27. The molecule has 4 nitrogen and oxygen atoms in total. The molecular weight excluding hydrogens is 238 g/mol. The van der Waals surface area contributed by atoms with E-state index >= 15 is 0 Å². The van der Waals surface area contributed by atoms with Crippen LogP contribution in [0.2, 0.25) is 0 Å². The lowest BCUT2D eigenvalue weighted by atomic mass is 9.94. The molecule has 1 rings (SSSR count). The van der Waals surface area contributed by atoms with E-state index in [1.165, 1.54) is 32.2 Å². The maximum atomic E-state index is 11.4. The van der Waals surface area contributed by atoms with Gasteiger partial charge in [0.05, 0.1) is 5.54 Å². The number of primary amides is 1. The minimum atomic E-state index is -0.552. The average Bonchev–Trinajstić information content (AvgIpc) is 2.86. The van der Waals surface area contributed by atoms with Crippen LogP contribution >= 0.6 is 0 Å². The van der Waals surface area contributed by atoms with Crippen LogP contribution in [-0.4, -0.2) is 43.5 Å². The zero-order valence-electron chi connectivity index (χ0n) is 12.9. The predicted octanol–water partition coefficient (Wildman–Crippen LogP) is 1.74. The van der Waals surface area contributed by atoms with Crippen LogP contribution in [0.4, 0.5) is 0 Å². The van der Waals surface area contributed by atoms with E-state index in [1.54, 1.807) is 7.05 Å². The summed E-state index contributed by atoms with van der Waals surface area (Å²) in [7, 11) is 4.01. The number of carbonyl (C=O) groups is 1. The lowest BCUT2D eigenvalue weighted by molar-refractivity contribution is -0.123. The minimum Gasteiger partial charge on any atom is -0.368 e. The standard InChI is InChI=1S/C15H31N3O/c1-15(17-2,14(16)19)10-6-7-11-18(3)12-13-8-4-5-9-13/h13,17H,4-12H2,1-3H3,(H2,16,19). The molecule has 1 aliphatic carbocycles. The predicted molar refractivity (Wildman–Crippen MR) is 80.0 cm³/mol. The van der Waals surface area contributed by atoms with E-state index in [1.807, 2.05) is 6.92 Å². The van der Waals surface area contributed by atoms with Crippen molar-refractivity contribution >= 4 is 5.91 Å². The van der Waals surface area contributed by atoms with Crippen molar-refractivity contribution in [1.29, 1.82) is 0 Å². The quantitative estimate of drug-likeness (QED) is 0.627. The van der Waals surface area contributed by atoms with Crippen molar-refractivity contribution < 1.29 is 4.79 Å². The molecule has 1 fully saturated rings. The van der Waals surface area contributed by atoms with Gasteiger partial charge in [0, 0.05) is 6.54 Å². The summed E-state index contributed by atoms with van der Waals surface area (Å²) in [6, 6.07) is 0. The smallest absolute Gasteiger partial charge is 0.237 e. The third-order valence-electron chi connectivity index (χ3n) is 4.61. The molecule has 1 saturated carbocycles. The number of unbranched alkanes of at least 4 members (excludes halogenated alkanes) is 1. The van der Waals surface area contributed by atoms with Crippen molar-refractivity contribution in [2.45, 2.75) is 57.4 Å². The second-order valence-electron chi connectivity index (χ2n) is 6.32. The van der Waals surface area contributed by atoms with Crippen LogP contribution in [0.5, 0.6) is 0 Å². The first-order valence-electron chi connectivity index (χ1n) is 7.65. The Morgan fingerprint density at radius 3 is 2.53 bits per heavy atom. The molecule has 112 valence electrons. The zero-order valence-corrected chi connectivity index (χ0v) is 12.9. The van der Waals surface area contributed by atoms with Crippen molar-refractivity contribution in [1.82, 2.24) is 10.2 Å². The van der Waals surface area contributed by atoms with E-state index in [4.69, 9.17) is 5.73 Å². The van der Waals surface area contributed by atoms with E-state index in [0.29, 0.717) is 0 Å². The van der Waals surface area contributed by atoms with Crippen LogP contribution < -0.4 is 11.1 Å². The van der Waals surface area contributed by atoms with E-state index in [2.05, 4.69) is 17.3 Å². The fraction of sp³-hybridized carbons (Fsp3) is 0.933. The van der Waals surface area contributed by atoms with Gasteiger partial charge in [0.1, 0.15) is 0 Å². The van der Waals surface area contributed by atoms with Crippen molar-refractivity contribution in [2.24, 2.45) is 11.7 Å². The fourth-order valence-corrected chi connectivity index (χ4v) is 2.96. The molecule has 4 heteroatoms. The van der Waals surface area contributed by atoms with Crippen LogP contribution in [0, 0.1) is 5.92 Å². The van der Waals surface area contributed by atoms with Gasteiger partial charge in [-0.25, -0.2) is 0 Å². The third kappa shape index (κ3) is 5.49. The van der Waals surface area contributed by atoms with Crippen molar-refractivity contribution in [2.75, 3.05) is 27.2 Å². The Morgan fingerprint density at radius 1 is 1.37 bits per heavy atom. The summed E-state index contributed by atoms with van der Waals surface area (Å²) in [5.74, 6) is 0.660. The highest BCUT2D eigenvalue weighted by atomic mass is 16.1. The minimum absolute atomic E-state index is 0.255. The lowest BCUT2D eigenvalue weighted by Crippen LogP contribution is -2.51. The summed E-state index contributed by atoms with van der Waals surface area (Å²) in [5.41, 5.74) is 4.87. The number of amides is 1. The van der Waals surface area contributed by atoms with E-state index < -0.39 is 5.54 Å². The summed E-state index contributed by atoms with van der Waals surface area (Å²) >= 11 is 0. The molecule has 0 aliphatic heterocycles. The van der Waals surface area contributed by atoms with Crippen molar-refractivity contribution in [3.63, 3.8) is 0 Å². The molecule has 0 aromatic heterocycles. The molecule has 1 aliphatic rings. The molecule has 0 spiro atoms. The molecule has 1 atom stereocenters. The number of nitrogens with one attached hydrogen (secondary N) is 1. The van der Waals surface area contributed by atoms with Crippen LogP contribution in [0.1, 0.15) is 51.9 Å². The molecule has 0 heterocycles. The molecule has 0 radical (unpaired) electrons. The van der Waals surface area contributed by atoms with Crippen LogP contribution in [0.3, 0.4) is 0 Å². The zero-order chi connectivity index (χ0) is 14.3. The van der Waals surface area contributed by atoms with Crippen LogP contribution in [-0.2, 0) is 4.79 Å². The summed E-state index contributed by atoms with van der Waals surface area (Å²) < 4.78 is 0. The topological polar surface area (TPSA) is 58.4 Å². The Balaban J connectivity index is 2.13. The van der Waals surface area contributed by atoms with E-state index in [9.17, 15) is 4.79 Å². The number of hydrogen-bond acceptors (Lipinski definition) is 3. The van der Waals surface area contributed by atoms with Gasteiger partial charge in [0.2, 0.25) is 5.91 Å². The SMILES string of the molecule is CNC(C)(CCCCN(C)CC1CCCC1)C(N)=O. The molecule has 0 aromatic rings.